The van der Waals surface area contributed by atoms with Crippen molar-refractivity contribution in [3.05, 3.63) is 42.2 Å². The lowest BCUT2D eigenvalue weighted by atomic mass is 9.77. The number of aromatic nitrogens is 1. The number of pyridine rings is 1. The van der Waals surface area contributed by atoms with Crippen LogP contribution in [0.5, 0.6) is 0 Å². The molecule has 0 bridgehead atoms. The Morgan fingerprint density at radius 2 is 2.10 bits per heavy atom. The standard InChI is InChI=1S/C22H23FN2O5/c1-13(2)21(18(26)9-15-10-19(27)29-22(15,28)12-23)11-17(25-30-21)20-16-6-4-3-5-14(16)7-8-24-20/h3-8,13,15,28H,9-12H2,1-2H3/t15-,21-,22+/m1/s1. The van der Waals surface area contributed by atoms with Crippen molar-refractivity contribution in [1.29, 1.82) is 0 Å². The van der Waals surface area contributed by atoms with E-state index in [1.54, 1.807) is 6.20 Å². The van der Waals surface area contributed by atoms with Crippen molar-refractivity contribution in [1.82, 2.24) is 4.98 Å². The molecule has 2 aromatic rings. The fraction of sp³-hybridized carbons (Fsp3) is 0.455. The van der Waals surface area contributed by atoms with E-state index in [9.17, 15) is 19.1 Å². The number of oxime groups is 1. The number of fused-ring (bicyclic) bond motifs is 1. The number of benzene rings is 1. The molecule has 0 amide bonds. The number of aliphatic hydroxyl groups is 1. The molecule has 0 aliphatic carbocycles. The zero-order valence-corrected chi connectivity index (χ0v) is 16.8. The van der Waals surface area contributed by atoms with Crippen LogP contribution in [0.25, 0.3) is 10.8 Å². The zero-order chi connectivity index (χ0) is 21.5. The molecule has 1 fully saturated rings. The van der Waals surface area contributed by atoms with Crippen molar-refractivity contribution in [2.45, 2.75) is 44.5 Å². The van der Waals surface area contributed by atoms with Crippen LogP contribution in [0.3, 0.4) is 0 Å². The quantitative estimate of drug-likeness (QED) is 0.730. The van der Waals surface area contributed by atoms with Gasteiger partial charge in [-0.1, -0.05) is 43.3 Å². The van der Waals surface area contributed by atoms with Crippen molar-refractivity contribution < 1.29 is 28.7 Å². The summed E-state index contributed by atoms with van der Waals surface area (Å²) in [7, 11) is 0. The molecular formula is C22H23FN2O5. The van der Waals surface area contributed by atoms with Crippen molar-refractivity contribution in [2.75, 3.05) is 6.67 Å². The molecule has 2 aliphatic heterocycles. The van der Waals surface area contributed by atoms with E-state index in [4.69, 9.17) is 9.57 Å². The molecule has 8 heteroatoms. The molecule has 3 atom stereocenters. The van der Waals surface area contributed by atoms with Crippen molar-refractivity contribution in [3.8, 4) is 0 Å². The number of hydrogen-bond donors (Lipinski definition) is 1. The van der Waals surface area contributed by atoms with Gasteiger partial charge in [-0.05, 0) is 11.5 Å². The third kappa shape index (κ3) is 3.25. The largest absolute Gasteiger partial charge is 0.430 e. The van der Waals surface area contributed by atoms with Gasteiger partial charge in [0.2, 0.25) is 11.4 Å². The maximum absolute atomic E-state index is 13.3. The number of ether oxygens (including phenoxy) is 1. The first-order chi connectivity index (χ1) is 14.3. The summed E-state index contributed by atoms with van der Waals surface area (Å²) in [5.74, 6) is -4.58. The molecule has 0 spiro atoms. The molecule has 1 aromatic heterocycles. The number of alkyl halides is 1. The molecule has 0 radical (unpaired) electrons. The van der Waals surface area contributed by atoms with Crippen LogP contribution in [0.2, 0.25) is 0 Å². The summed E-state index contributed by atoms with van der Waals surface area (Å²) in [6.45, 7) is 2.41. The van der Waals surface area contributed by atoms with Gasteiger partial charge < -0.3 is 14.7 Å². The summed E-state index contributed by atoms with van der Waals surface area (Å²) in [4.78, 5) is 35.0. The lowest BCUT2D eigenvalue weighted by Crippen LogP contribution is -2.47. The minimum Gasteiger partial charge on any atom is -0.430 e. The molecule has 1 saturated heterocycles. The molecule has 0 unspecified atom stereocenters. The van der Waals surface area contributed by atoms with Crippen LogP contribution in [0.4, 0.5) is 4.39 Å². The number of nitrogens with zero attached hydrogens (tertiary/aromatic N) is 2. The Bertz CT molecular complexity index is 1030. The molecule has 1 aromatic carbocycles. The average molecular weight is 414 g/mol. The van der Waals surface area contributed by atoms with E-state index in [0.717, 1.165) is 10.8 Å². The van der Waals surface area contributed by atoms with Crippen molar-refractivity contribution in [3.63, 3.8) is 0 Å². The number of halogens is 1. The highest BCUT2D eigenvalue weighted by Gasteiger charge is 2.54. The first-order valence-electron chi connectivity index (χ1n) is 9.92. The topological polar surface area (TPSA) is 98.1 Å². The van der Waals surface area contributed by atoms with E-state index in [-0.39, 0.29) is 31.0 Å². The van der Waals surface area contributed by atoms with Gasteiger partial charge >= 0.3 is 5.97 Å². The SMILES string of the molecule is CC(C)[C@@]1(C(=O)C[C@@H]2CC(=O)O[C@@]2(O)CF)CC(c2nccc3ccccc23)=NO1. The molecule has 3 heterocycles. The second-order valence-corrected chi connectivity index (χ2v) is 8.21. The van der Waals surface area contributed by atoms with Crippen LogP contribution in [0.1, 0.15) is 38.8 Å². The summed E-state index contributed by atoms with van der Waals surface area (Å²) in [6, 6.07) is 9.62. The zero-order valence-electron chi connectivity index (χ0n) is 16.8. The van der Waals surface area contributed by atoms with Crippen molar-refractivity contribution in [2.24, 2.45) is 17.0 Å². The first kappa shape index (κ1) is 20.4. The Morgan fingerprint density at radius 1 is 1.33 bits per heavy atom. The fourth-order valence-corrected chi connectivity index (χ4v) is 4.15. The summed E-state index contributed by atoms with van der Waals surface area (Å²) in [5.41, 5.74) is -0.0898. The molecule has 4 rings (SSSR count). The van der Waals surface area contributed by atoms with Crippen LogP contribution < -0.4 is 0 Å². The Labute approximate surface area is 172 Å². The molecule has 158 valence electrons. The van der Waals surface area contributed by atoms with Crippen LogP contribution in [0, 0.1) is 11.8 Å². The lowest BCUT2D eigenvalue weighted by Gasteiger charge is -2.31. The summed E-state index contributed by atoms with van der Waals surface area (Å²) < 4.78 is 18.0. The number of esters is 1. The highest BCUT2D eigenvalue weighted by Crippen LogP contribution is 2.40. The Kier molecular flexibility index (Phi) is 5.05. The predicted octanol–water partition coefficient (Wildman–Crippen LogP) is 2.93. The Morgan fingerprint density at radius 3 is 2.83 bits per heavy atom. The van der Waals surface area contributed by atoms with E-state index >= 15 is 0 Å². The minimum atomic E-state index is -2.27. The van der Waals surface area contributed by atoms with E-state index in [0.29, 0.717) is 11.4 Å². The second kappa shape index (κ2) is 7.43. The highest BCUT2D eigenvalue weighted by atomic mass is 19.1. The molecule has 7 nitrogen and oxygen atoms in total. The van der Waals surface area contributed by atoms with E-state index in [2.05, 4.69) is 10.1 Å². The molecule has 0 saturated carbocycles. The molecule has 2 aliphatic rings. The first-order valence-corrected chi connectivity index (χ1v) is 9.92. The van der Waals surface area contributed by atoms with Gasteiger partial charge in [0.15, 0.2) is 12.5 Å². The summed E-state index contributed by atoms with van der Waals surface area (Å²) >= 11 is 0. The van der Waals surface area contributed by atoms with Gasteiger partial charge in [-0.15, -0.1) is 0 Å². The highest BCUT2D eigenvalue weighted by molar-refractivity contribution is 6.12. The summed E-state index contributed by atoms with van der Waals surface area (Å²) in [5, 5.41) is 16.3. The second-order valence-electron chi connectivity index (χ2n) is 8.21. The van der Waals surface area contributed by atoms with Crippen LogP contribution in [-0.4, -0.2) is 45.6 Å². The number of cyclic esters (lactones) is 1. The van der Waals surface area contributed by atoms with Gasteiger partial charge in [-0.3, -0.25) is 14.6 Å². The minimum absolute atomic E-state index is 0.195. The molecular weight excluding hydrogens is 391 g/mol. The third-order valence-electron chi connectivity index (χ3n) is 6.07. The van der Waals surface area contributed by atoms with Crippen molar-refractivity contribution >= 4 is 28.2 Å². The summed E-state index contributed by atoms with van der Waals surface area (Å²) in [6.07, 6.45) is 1.40. The van der Waals surface area contributed by atoms with Gasteiger partial charge in [0.05, 0.1) is 12.1 Å². The van der Waals surface area contributed by atoms with Gasteiger partial charge in [0.1, 0.15) is 5.71 Å². The van der Waals surface area contributed by atoms with E-state index in [1.807, 2.05) is 44.2 Å². The van der Waals surface area contributed by atoms with E-state index in [1.165, 1.54) is 0 Å². The number of carbonyl (C=O) groups excluding carboxylic acids is 2. The number of rotatable bonds is 6. The monoisotopic (exact) mass is 414 g/mol. The smallest absolute Gasteiger partial charge is 0.308 e. The Hall–Kier alpha value is -2.87. The van der Waals surface area contributed by atoms with Gasteiger partial charge in [-0.2, -0.15) is 0 Å². The molecule has 1 N–H and O–H groups in total. The number of carbonyl (C=O) groups is 2. The van der Waals surface area contributed by atoms with Crippen LogP contribution in [-0.2, 0) is 19.2 Å². The van der Waals surface area contributed by atoms with E-state index < -0.39 is 29.9 Å². The number of ketones is 1. The number of hydrogen-bond acceptors (Lipinski definition) is 7. The predicted molar refractivity (Wildman–Crippen MR) is 106 cm³/mol. The maximum atomic E-state index is 13.3. The maximum Gasteiger partial charge on any atom is 0.308 e. The Balaban J connectivity index is 1.61. The lowest BCUT2D eigenvalue weighted by molar-refractivity contribution is -0.210. The van der Waals surface area contributed by atoms with Gasteiger partial charge in [-0.25, -0.2) is 4.39 Å². The normalized spacial score (nSPS) is 28.5. The van der Waals surface area contributed by atoms with Crippen LogP contribution >= 0.6 is 0 Å². The third-order valence-corrected chi connectivity index (χ3v) is 6.07. The van der Waals surface area contributed by atoms with Crippen LogP contribution in [0.15, 0.2) is 41.7 Å². The van der Waals surface area contributed by atoms with Gasteiger partial charge in [0.25, 0.3) is 0 Å². The van der Waals surface area contributed by atoms with Gasteiger partial charge in [0, 0.05) is 36.3 Å². The molecule has 30 heavy (non-hydrogen) atoms. The number of Topliss-reactive ketones (excluding diaryl/α,β-unsaturated/α-hetero) is 1. The fourth-order valence-electron chi connectivity index (χ4n) is 4.15. The average Bonchev–Trinajstić information content (AvgIpc) is 3.30.